The molecule has 0 aromatic heterocycles. The summed E-state index contributed by atoms with van der Waals surface area (Å²) >= 11 is 0. The first-order valence-electron chi connectivity index (χ1n) is 4.75. The highest BCUT2D eigenvalue weighted by Crippen LogP contribution is 2.60. The normalized spacial score (nSPS) is 38.4. The summed E-state index contributed by atoms with van der Waals surface area (Å²) < 4.78 is 43.3. The van der Waals surface area contributed by atoms with E-state index in [9.17, 15) is 18.0 Å². The summed E-state index contributed by atoms with van der Waals surface area (Å²) in [5, 5.41) is 0. The molecule has 2 bridgehead atoms. The van der Waals surface area contributed by atoms with E-state index < -0.39 is 23.5 Å². The third-order valence-corrected chi connectivity index (χ3v) is 3.44. The number of fused-ring (bicyclic) bond motifs is 2. The SMILES string of the molecule is COC(=O)[C@]1(C(F)(F)F)C[C@H]2C=C[C@@H]1C2. The van der Waals surface area contributed by atoms with Gasteiger partial charge in [0.05, 0.1) is 7.11 Å². The van der Waals surface area contributed by atoms with Crippen molar-refractivity contribution < 1.29 is 22.7 Å². The zero-order valence-electron chi connectivity index (χ0n) is 8.17. The van der Waals surface area contributed by atoms with Gasteiger partial charge in [-0.15, -0.1) is 0 Å². The van der Waals surface area contributed by atoms with Gasteiger partial charge in [-0.25, -0.2) is 0 Å². The Balaban J connectivity index is 2.42. The highest BCUT2D eigenvalue weighted by molar-refractivity contribution is 5.79. The van der Waals surface area contributed by atoms with Crippen LogP contribution in [0.3, 0.4) is 0 Å². The highest BCUT2D eigenvalue weighted by atomic mass is 19.4. The number of rotatable bonds is 1. The van der Waals surface area contributed by atoms with Crippen LogP contribution in [0, 0.1) is 17.3 Å². The number of alkyl halides is 3. The molecule has 1 saturated carbocycles. The molecule has 1 fully saturated rings. The molecule has 2 nitrogen and oxygen atoms in total. The zero-order chi connectivity index (χ0) is 11.3. The number of hydrogen-bond donors (Lipinski definition) is 0. The molecule has 2 aliphatic rings. The second-order valence-corrected chi connectivity index (χ2v) is 4.15. The summed E-state index contributed by atoms with van der Waals surface area (Å²) in [5.41, 5.74) is -2.29. The summed E-state index contributed by atoms with van der Waals surface area (Å²) in [5.74, 6) is -2.02. The Morgan fingerprint density at radius 3 is 2.47 bits per heavy atom. The third kappa shape index (κ3) is 1.21. The van der Waals surface area contributed by atoms with Crippen molar-refractivity contribution >= 4 is 5.97 Å². The molecule has 5 heteroatoms. The van der Waals surface area contributed by atoms with Crippen LogP contribution < -0.4 is 0 Å². The van der Waals surface area contributed by atoms with Crippen molar-refractivity contribution in [1.29, 1.82) is 0 Å². The summed E-state index contributed by atoms with van der Waals surface area (Å²) in [6.07, 6.45) is -1.01. The van der Waals surface area contributed by atoms with E-state index in [1.807, 2.05) is 0 Å². The molecular formula is C10H11F3O2. The average Bonchev–Trinajstić information content (AvgIpc) is 2.74. The van der Waals surface area contributed by atoms with Crippen molar-refractivity contribution in [1.82, 2.24) is 0 Å². The van der Waals surface area contributed by atoms with Gasteiger partial charge in [-0.1, -0.05) is 12.2 Å². The first-order chi connectivity index (χ1) is 6.91. The van der Waals surface area contributed by atoms with E-state index in [0.29, 0.717) is 6.42 Å². The molecule has 0 spiro atoms. The fourth-order valence-electron chi connectivity index (χ4n) is 2.71. The number of carbonyl (C=O) groups excluding carboxylic acids is 1. The Labute approximate surface area is 85.1 Å². The topological polar surface area (TPSA) is 26.3 Å². The summed E-state index contributed by atoms with van der Waals surface area (Å²) in [7, 11) is 1.01. The number of methoxy groups -OCH3 is 1. The Bertz CT molecular complexity index is 321. The maximum atomic E-state index is 13.0. The highest BCUT2D eigenvalue weighted by Gasteiger charge is 2.69. The lowest BCUT2D eigenvalue weighted by atomic mass is 9.75. The van der Waals surface area contributed by atoms with E-state index in [2.05, 4.69) is 4.74 Å². The minimum atomic E-state index is -4.52. The van der Waals surface area contributed by atoms with Crippen LogP contribution in [-0.4, -0.2) is 19.3 Å². The molecule has 0 radical (unpaired) electrons. The molecular weight excluding hydrogens is 209 g/mol. The Hall–Kier alpha value is -1.00. The van der Waals surface area contributed by atoms with Gasteiger partial charge in [0.1, 0.15) is 0 Å². The Morgan fingerprint density at radius 1 is 1.47 bits per heavy atom. The van der Waals surface area contributed by atoms with Gasteiger partial charge in [0.15, 0.2) is 5.41 Å². The first-order valence-corrected chi connectivity index (χ1v) is 4.75. The standard InChI is InChI=1S/C10H11F3O2/c1-15-8(14)9(10(11,12)13)5-6-2-3-7(9)4-6/h2-3,6-7H,4-5H2,1H3/t6-,7+,9-/m0/s1. The number of halogens is 3. The molecule has 15 heavy (non-hydrogen) atoms. The van der Waals surface area contributed by atoms with Crippen LogP contribution in [0.5, 0.6) is 0 Å². The number of carbonyl (C=O) groups is 1. The maximum absolute atomic E-state index is 13.0. The monoisotopic (exact) mass is 220 g/mol. The predicted octanol–water partition coefficient (Wildman–Crippen LogP) is 2.30. The molecule has 0 unspecified atom stereocenters. The van der Waals surface area contributed by atoms with E-state index in [1.54, 1.807) is 6.08 Å². The van der Waals surface area contributed by atoms with Gasteiger partial charge in [-0.05, 0) is 18.8 Å². The average molecular weight is 220 g/mol. The lowest BCUT2D eigenvalue weighted by molar-refractivity contribution is -0.240. The smallest absolute Gasteiger partial charge is 0.405 e. The van der Waals surface area contributed by atoms with Crippen LogP contribution in [0.1, 0.15) is 12.8 Å². The Morgan fingerprint density at radius 2 is 2.13 bits per heavy atom. The summed E-state index contributed by atoms with van der Waals surface area (Å²) in [6.45, 7) is 0. The fraction of sp³-hybridized carbons (Fsp3) is 0.700. The van der Waals surface area contributed by atoms with Crippen LogP contribution in [0.15, 0.2) is 12.2 Å². The summed E-state index contributed by atoms with van der Waals surface area (Å²) in [4.78, 5) is 11.4. The van der Waals surface area contributed by atoms with Gasteiger partial charge in [-0.3, -0.25) is 4.79 Å². The van der Waals surface area contributed by atoms with Crippen LogP contribution in [0.2, 0.25) is 0 Å². The van der Waals surface area contributed by atoms with Gasteiger partial charge in [-0.2, -0.15) is 13.2 Å². The zero-order valence-corrected chi connectivity index (χ0v) is 8.17. The first kappa shape index (κ1) is 10.5. The van der Waals surface area contributed by atoms with Gasteiger partial charge in [0.25, 0.3) is 0 Å². The van der Waals surface area contributed by atoms with Crippen LogP contribution in [-0.2, 0) is 9.53 Å². The van der Waals surface area contributed by atoms with E-state index in [0.717, 1.165) is 7.11 Å². The number of esters is 1. The lowest BCUT2D eigenvalue weighted by Crippen LogP contribution is -2.48. The van der Waals surface area contributed by atoms with Crippen molar-refractivity contribution in [2.24, 2.45) is 17.3 Å². The largest absolute Gasteiger partial charge is 0.468 e. The fourth-order valence-corrected chi connectivity index (χ4v) is 2.71. The van der Waals surface area contributed by atoms with Gasteiger partial charge in [0.2, 0.25) is 0 Å². The van der Waals surface area contributed by atoms with E-state index in [4.69, 9.17) is 0 Å². The van der Waals surface area contributed by atoms with E-state index in [1.165, 1.54) is 6.08 Å². The molecule has 0 saturated heterocycles. The van der Waals surface area contributed by atoms with Crippen molar-refractivity contribution in [3.8, 4) is 0 Å². The molecule has 0 N–H and O–H groups in total. The maximum Gasteiger partial charge on any atom is 0.405 e. The van der Waals surface area contributed by atoms with Gasteiger partial charge >= 0.3 is 12.1 Å². The number of allylic oxidation sites excluding steroid dienone is 2. The minimum Gasteiger partial charge on any atom is -0.468 e. The Kier molecular flexibility index (Phi) is 2.10. The molecule has 2 aliphatic carbocycles. The van der Waals surface area contributed by atoms with E-state index >= 15 is 0 Å². The van der Waals surface area contributed by atoms with Crippen LogP contribution >= 0.6 is 0 Å². The van der Waals surface area contributed by atoms with Crippen LogP contribution in [0.25, 0.3) is 0 Å². The summed E-state index contributed by atoms with van der Waals surface area (Å²) in [6, 6.07) is 0. The molecule has 0 aromatic carbocycles. The van der Waals surface area contributed by atoms with Crippen molar-refractivity contribution in [2.45, 2.75) is 19.0 Å². The van der Waals surface area contributed by atoms with Crippen molar-refractivity contribution in [2.75, 3.05) is 7.11 Å². The van der Waals surface area contributed by atoms with Gasteiger partial charge in [0, 0.05) is 5.92 Å². The molecule has 84 valence electrons. The van der Waals surface area contributed by atoms with Crippen LogP contribution in [0.4, 0.5) is 13.2 Å². The minimum absolute atomic E-state index is 0.129. The van der Waals surface area contributed by atoms with Crippen molar-refractivity contribution in [3.05, 3.63) is 12.2 Å². The second-order valence-electron chi connectivity index (χ2n) is 4.15. The third-order valence-electron chi connectivity index (χ3n) is 3.44. The molecule has 3 atom stereocenters. The molecule has 0 heterocycles. The van der Waals surface area contributed by atoms with Gasteiger partial charge < -0.3 is 4.74 Å². The number of hydrogen-bond acceptors (Lipinski definition) is 2. The quantitative estimate of drug-likeness (QED) is 0.500. The molecule has 2 rings (SSSR count). The molecule has 0 aliphatic heterocycles. The lowest BCUT2D eigenvalue weighted by Gasteiger charge is -2.34. The predicted molar refractivity (Wildman–Crippen MR) is 45.9 cm³/mol. The molecule has 0 amide bonds. The number of ether oxygens (including phenoxy) is 1. The molecule has 0 aromatic rings. The van der Waals surface area contributed by atoms with Crippen molar-refractivity contribution in [3.63, 3.8) is 0 Å². The van der Waals surface area contributed by atoms with E-state index in [-0.39, 0.29) is 12.3 Å². The second kappa shape index (κ2) is 3.00.